The Kier molecular flexibility index (Phi) is 7.60. The highest BCUT2D eigenvalue weighted by Crippen LogP contribution is 2.18. The van der Waals surface area contributed by atoms with Gasteiger partial charge in [0.15, 0.2) is 0 Å². The zero-order valence-corrected chi connectivity index (χ0v) is 14.4. The van der Waals surface area contributed by atoms with Gasteiger partial charge in [-0.2, -0.15) is 0 Å². The summed E-state index contributed by atoms with van der Waals surface area (Å²) in [7, 11) is 0. The molecule has 1 aliphatic rings. The van der Waals surface area contributed by atoms with E-state index in [0.29, 0.717) is 13.2 Å². The van der Waals surface area contributed by atoms with Gasteiger partial charge in [0.1, 0.15) is 6.04 Å². The molecule has 108 valence electrons. The number of carbonyl (C=O) groups is 1. The third-order valence-corrected chi connectivity index (χ3v) is 4.85. The second-order valence-corrected chi connectivity index (χ2v) is 7.32. The average molecular weight is 417 g/mol. The molecular weight excluding hydrogens is 399 g/mol. The summed E-state index contributed by atoms with van der Waals surface area (Å²) < 4.78 is 6.74. The molecule has 0 saturated carbocycles. The third-order valence-electron chi connectivity index (χ3n) is 2.90. The minimum absolute atomic E-state index is 0. The quantitative estimate of drug-likeness (QED) is 0.736. The minimum Gasteiger partial charge on any atom is -0.375 e. The smallest absolute Gasteiger partial charge is 0.239 e. The number of morpholine rings is 1. The zero-order chi connectivity index (χ0) is 13.0. The summed E-state index contributed by atoms with van der Waals surface area (Å²) in [6.45, 7) is 4.03. The lowest BCUT2D eigenvalue weighted by molar-refractivity contribution is -0.128. The molecule has 2 heterocycles. The molecular formula is C12H18ClIN2O2S. The van der Waals surface area contributed by atoms with Crippen LogP contribution in [0.25, 0.3) is 0 Å². The van der Waals surface area contributed by atoms with E-state index in [9.17, 15) is 4.79 Å². The molecule has 1 amide bonds. The standard InChI is InChI=1S/C12H17IN2O2S.ClH/c1-8-11(14-6-7-17-8)12(16)15-5-4-9-2-3-10(13)18-9;/h2-3,8,11,14H,4-7H2,1H3,(H,15,16);1H/t8-,11+;/m1./s1. The van der Waals surface area contributed by atoms with Gasteiger partial charge >= 0.3 is 0 Å². The highest BCUT2D eigenvalue weighted by Gasteiger charge is 2.27. The Labute approximate surface area is 137 Å². The van der Waals surface area contributed by atoms with Crippen LogP contribution in [0.3, 0.4) is 0 Å². The second kappa shape index (κ2) is 8.41. The van der Waals surface area contributed by atoms with Gasteiger partial charge in [-0.1, -0.05) is 0 Å². The molecule has 0 aliphatic carbocycles. The van der Waals surface area contributed by atoms with E-state index in [1.807, 2.05) is 6.92 Å². The molecule has 2 N–H and O–H groups in total. The predicted octanol–water partition coefficient (Wildman–Crippen LogP) is 1.81. The molecule has 0 bridgehead atoms. The van der Waals surface area contributed by atoms with Gasteiger partial charge in [-0.3, -0.25) is 4.79 Å². The third kappa shape index (κ3) is 5.18. The summed E-state index contributed by atoms with van der Waals surface area (Å²) in [5, 5.41) is 6.15. The maximum atomic E-state index is 12.0. The van der Waals surface area contributed by atoms with E-state index in [2.05, 4.69) is 45.4 Å². The fourth-order valence-electron chi connectivity index (χ4n) is 1.93. The van der Waals surface area contributed by atoms with Gasteiger partial charge in [0.05, 0.1) is 15.6 Å². The first kappa shape index (κ1) is 17.2. The average Bonchev–Trinajstić information content (AvgIpc) is 2.75. The molecule has 2 rings (SSSR count). The number of ether oxygens (including phenoxy) is 1. The number of rotatable bonds is 4. The number of hydrogen-bond acceptors (Lipinski definition) is 4. The first-order valence-corrected chi connectivity index (χ1v) is 7.93. The SMILES string of the molecule is C[C@H]1OCCN[C@@H]1C(=O)NCCc1ccc(I)s1.Cl. The second-order valence-electron chi connectivity index (χ2n) is 4.25. The van der Waals surface area contributed by atoms with Crippen molar-refractivity contribution in [2.75, 3.05) is 19.7 Å². The number of amides is 1. The summed E-state index contributed by atoms with van der Waals surface area (Å²) >= 11 is 4.08. The predicted molar refractivity (Wildman–Crippen MR) is 88.2 cm³/mol. The van der Waals surface area contributed by atoms with Crippen molar-refractivity contribution in [3.63, 3.8) is 0 Å². The van der Waals surface area contributed by atoms with Crippen LogP contribution in [0.15, 0.2) is 12.1 Å². The summed E-state index contributed by atoms with van der Waals surface area (Å²) in [5.74, 6) is 0.0356. The van der Waals surface area contributed by atoms with Crippen LogP contribution in [0.1, 0.15) is 11.8 Å². The Bertz CT molecular complexity index is 416. The van der Waals surface area contributed by atoms with Gasteiger partial charge in [0, 0.05) is 18.0 Å². The molecule has 0 aromatic carbocycles. The van der Waals surface area contributed by atoms with Crippen molar-refractivity contribution in [2.24, 2.45) is 0 Å². The van der Waals surface area contributed by atoms with E-state index in [4.69, 9.17) is 4.74 Å². The minimum atomic E-state index is -0.220. The van der Waals surface area contributed by atoms with Crippen molar-refractivity contribution >= 4 is 52.2 Å². The summed E-state index contributed by atoms with van der Waals surface area (Å²) in [6.07, 6.45) is 0.836. The van der Waals surface area contributed by atoms with Gasteiger partial charge in [-0.25, -0.2) is 0 Å². The Morgan fingerprint density at radius 1 is 1.63 bits per heavy atom. The highest BCUT2D eigenvalue weighted by atomic mass is 127. The van der Waals surface area contributed by atoms with E-state index < -0.39 is 0 Å². The fraction of sp³-hybridized carbons (Fsp3) is 0.583. The molecule has 19 heavy (non-hydrogen) atoms. The lowest BCUT2D eigenvalue weighted by atomic mass is 10.1. The van der Waals surface area contributed by atoms with Crippen LogP contribution in [-0.2, 0) is 16.0 Å². The normalized spacial score (nSPS) is 22.6. The first-order valence-electron chi connectivity index (χ1n) is 6.04. The molecule has 7 heteroatoms. The molecule has 1 aromatic rings. The summed E-state index contributed by atoms with van der Waals surface area (Å²) in [5.41, 5.74) is 0. The first-order chi connectivity index (χ1) is 8.66. The number of hydrogen-bond donors (Lipinski definition) is 2. The van der Waals surface area contributed by atoms with E-state index >= 15 is 0 Å². The fourth-order valence-corrected chi connectivity index (χ4v) is 3.69. The van der Waals surface area contributed by atoms with Gasteiger partial charge in [-0.15, -0.1) is 23.7 Å². The van der Waals surface area contributed by atoms with E-state index in [1.54, 1.807) is 11.3 Å². The molecule has 1 saturated heterocycles. The maximum Gasteiger partial charge on any atom is 0.239 e. The van der Waals surface area contributed by atoms with Crippen LogP contribution in [0.4, 0.5) is 0 Å². The van der Waals surface area contributed by atoms with Crippen molar-refractivity contribution in [2.45, 2.75) is 25.5 Å². The van der Waals surface area contributed by atoms with Crippen molar-refractivity contribution in [3.8, 4) is 0 Å². The van der Waals surface area contributed by atoms with Crippen LogP contribution < -0.4 is 10.6 Å². The molecule has 1 aliphatic heterocycles. The number of thiophene rings is 1. The highest BCUT2D eigenvalue weighted by molar-refractivity contribution is 14.1. The summed E-state index contributed by atoms with van der Waals surface area (Å²) in [4.78, 5) is 13.3. The van der Waals surface area contributed by atoms with Gasteiger partial charge < -0.3 is 15.4 Å². The molecule has 1 aromatic heterocycles. The Morgan fingerprint density at radius 2 is 2.42 bits per heavy atom. The molecule has 0 spiro atoms. The number of carbonyl (C=O) groups excluding carboxylic acids is 1. The lowest BCUT2D eigenvalue weighted by Gasteiger charge is -2.29. The number of halogens is 2. The van der Waals surface area contributed by atoms with Crippen molar-refractivity contribution < 1.29 is 9.53 Å². The molecule has 2 atom stereocenters. The maximum absolute atomic E-state index is 12.0. The van der Waals surface area contributed by atoms with Gasteiger partial charge in [0.2, 0.25) is 5.91 Å². The Hall–Kier alpha value is 0.110. The van der Waals surface area contributed by atoms with Crippen LogP contribution >= 0.6 is 46.3 Å². The van der Waals surface area contributed by atoms with E-state index in [0.717, 1.165) is 13.0 Å². The Balaban J connectivity index is 0.00000180. The van der Waals surface area contributed by atoms with Crippen LogP contribution in [-0.4, -0.2) is 37.7 Å². The Morgan fingerprint density at radius 3 is 3.05 bits per heavy atom. The molecule has 0 unspecified atom stereocenters. The van der Waals surface area contributed by atoms with Crippen molar-refractivity contribution in [1.29, 1.82) is 0 Å². The van der Waals surface area contributed by atoms with Gasteiger partial charge in [0.25, 0.3) is 0 Å². The molecule has 4 nitrogen and oxygen atoms in total. The molecule has 1 fully saturated rings. The van der Waals surface area contributed by atoms with E-state index in [-0.39, 0.29) is 30.5 Å². The van der Waals surface area contributed by atoms with Crippen molar-refractivity contribution in [1.82, 2.24) is 10.6 Å². The largest absolute Gasteiger partial charge is 0.375 e. The van der Waals surface area contributed by atoms with E-state index in [1.165, 1.54) is 7.76 Å². The topological polar surface area (TPSA) is 50.4 Å². The van der Waals surface area contributed by atoms with Gasteiger partial charge in [-0.05, 0) is 48.1 Å². The zero-order valence-electron chi connectivity index (χ0n) is 10.6. The monoisotopic (exact) mass is 416 g/mol. The number of nitrogens with one attached hydrogen (secondary N) is 2. The van der Waals surface area contributed by atoms with Crippen LogP contribution in [0.2, 0.25) is 0 Å². The summed E-state index contributed by atoms with van der Waals surface area (Å²) in [6, 6.07) is 3.99. The van der Waals surface area contributed by atoms with Crippen molar-refractivity contribution in [3.05, 3.63) is 19.9 Å². The van der Waals surface area contributed by atoms with Crippen LogP contribution in [0.5, 0.6) is 0 Å². The van der Waals surface area contributed by atoms with Crippen LogP contribution in [0, 0.1) is 2.88 Å². The lowest BCUT2D eigenvalue weighted by Crippen LogP contribution is -2.55. The molecule has 0 radical (unpaired) electrons.